The molecule has 0 bridgehead atoms. The number of halogens is 1. The van der Waals surface area contributed by atoms with Gasteiger partial charge in [-0.15, -0.1) is 11.3 Å². The van der Waals surface area contributed by atoms with Gasteiger partial charge in [-0.25, -0.2) is 9.37 Å². The first-order chi connectivity index (χ1) is 11.1. The number of ether oxygens (including phenoxy) is 1. The van der Waals surface area contributed by atoms with Gasteiger partial charge < -0.3 is 14.5 Å². The van der Waals surface area contributed by atoms with Crippen LogP contribution in [-0.4, -0.2) is 48.1 Å². The van der Waals surface area contributed by atoms with Gasteiger partial charge in [-0.05, 0) is 31.2 Å². The van der Waals surface area contributed by atoms with E-state index < -0.39 is 6.10 Å². The van der Waals surface area contributed by atoms with Crippen LogP contribution in [0.5, 0.6) is 5.75 Å². The zero-order valence-electron chi connectivity index (χ0n) is 12.8. The Morgan fingerprint density at radius 1 is 1.26 bits per heavy atom. The zero-order chi connectivity index (χ0) is 16.2. The Kier molecular flexibility index (Phi) is 4.76. The van der Waals surface area contributed by atoms with E-state index >= 15 is 0 Å². The van der Waals surface area contributed by atoms with E-state index in [0.29, 0.717) is 18.8 Å². The fourth-order valence-electron chi connectivity index (χ4n) is 2.52. The Morgan fingerprint density at radius 2 is 1.96 bits per heavy atom. The molecule has 0 radical (unpaired) electrons. The predicted molar refractivity (Wildman–Crippen MR) is 87.4 cm³/mol. The molecule has 0 spiro atoms. The second-order valence-electron chi connectivity index (χ2n) is 5.34. The number of hydrogen-bond acceptors (Lipinski definition) is 5. The van der Waals surface area contributed by atoms with Gasteiger partial charge >= 0.3 is 0 Å². The summed E-state index contributed by atoms with van der Waals surface area (Å²) < 4.78 is 18.5. The van der Waals surface area contributed by atoms with Crippen molar-refractivity contribution in [3.8, 4) is 5.75 Å². The van der Waals surface area contributed by atoms with Crippen molar-refractivity contribution in [3.63, 3.8) is 0 Å². The number of amides is 1. The highest BCUT2D eigenvalue weighted by Crippen LogP contribution is 2.20. The third-order valence-electron chi connectivity index (χ3n) is 3.76. The fourth-order valence-corrected chi connectivity index (χ4v) is 3.21. The maximum Gasteiger partial charge on any atom is 0.263 e. The number of hydrogen-bond donors (Lipinski definition) is 0. The molecule has 5 nitrogen and oxygen atoms in total. The fraction of sp³-hybridized carbons (Fsp3) is 0.375. The number of carbonyl (C=O) groups excluding carboxylic acids is 1. The molecule has 1 aromatic carbocycles. The second-order valence-corrected chi connectivity index (χ2v) is 6.21. The van der Waals surface area contributed by atoms with Gasteiger partial charge in [0, 0.05) is 37.8 Å². The summed E-state index contributed by atoms with van der Waals surface area (Å²) in [5.41, 5.74) is 0. The van der Waals surface area contributed by atoms with Crippen LogP contribution >= 0.6 is 11.3 Å². The molecule has 1 saturated heterocycles. The van der Waals surface area contributed by atoms with Crippen molar-refractivity contribution in [2.45, 2.75) is 13.0 Å². The lowest BCUT2D eigenvalue weighted by Gasteiger charge is -2.35. The summed E-state index contributed by atoms with van der Waals surface area (Å²) in [5.74, 6) is 0.122. The van der Waals surface area contributed by atoms with E-state index in [-0.39, 0.29) is 11.7 Å². The summed E-state index contributed by atoms with van der Waals surface area (Å²) in [7, 11) is 0. The van der Waals surface area contributed by atoms with Crippen LogP contribution < -0.4 is 9.64 Å². The first-order valence-electron chi connectivity index (χ1n) is 7.49. The first-order valence-corrected chi connectivity index (χ1v) is 8.37. The lowest BCUT2D eigenvalue weighted by atomic mass is 10.2. The van der Waals surface area contributed by atoms with Gasteiger partial charge in [-0.2, -0.15) is 0 Å². The molecule has 1 aliphatic heterocycles. The molecule has 0 unspecified atom stereocenters. The summed E-state index contributed by atoms with van der Waals surface area (Å²) in [4.78, 5) is 20.7. The molecule has 122 valence electrons. The summed E-state index contributed by atoms with van der Waals surface area (Å²) in [6.07, 6.45) is 1.20. The average Bonchev–Trinajstić information content (AvgIpc) is 3.11. The molecule has 7 heteroatoms. The van der Waals surface area contributed by atoms with Gasteiger partial charge in [0.2, 0.25) is 0 Å². The summed E-state index contributed by atoms with van der Waals surface area (Å²) in [6, 6.07) is 5.69. The van der Waals surface area contributed by atoms with E-state index in [9.17, 15) is 9.18 Å². The Balaban J connectivity index is 1.53. The van der Waals surface area contributed by atoms with Crippen molar-refractivity contribution < 1.29 is 13.9 Å². The molecule has 1 aliphatic rings. The number of nitrogens with zero attached hydrogens (tertiary/aromatic N) is 3. The zero-order valence-corrected chi connectivity index (χ0v) is 13.6. The Hall–Kier alpha value is -2.15. The summed E-state index contributed by atoms with van der Waals surface area (Å²) >= 11 is 1.60. The topological polar surface area (TPSA) is 45.7 Å². The Labute approximate surface area is 138 Å². The maximum absolute atomic E-state index is 12.9. The molecular formula is C16H18FN3O2S. The second kappa shape index (κ2) is 6.95. The molecule has 0 aliphatic carbocycles. The molecule has 1 atom stereocenters. The minimum absolute atomic E-state index is 0.0480. The standard InChI is InChI=1S/C16H18FN3O2S/c1-12(22-14-4-2-13(17)3-5-14)15(21)19-7-9-20(10-8-19)16-18-6-11-23-16/h2-6,11-12H,7-10H2,1H3/t12-/m1/s1. The van der Waals surface area contributed by atoms with Crippen LogP contribution in [0.15, 0.2) is 35.8 Å². The number of anilines is 1. The normalized spacial score (nSPS) is 16.3. The SMILES string of the molecule is C[C@@H](Oc1ccc(F)cc1)C(=O)N1CCN(c2nccs2)CC1. The monoisotopic (exact) mass is 335 g/mol. The van der Waals surface area contributed by atoms with E-state index in [2.05, 4.69) is 9.88 Å². The third-order valence-corrected chi connectivity index (χ3v) is 4.59. The van der Waals surface area contributed by atoms with E-state index in [1.54, 1.807) is 29.4 Å². The van der Waals surface area contributed by atoms with E-state index in [0.717, 1.165) is 18.2 Å². The van der Waals surface area contributed by atoms with Gasteiger partial charge in [-0.1, -0.05) is 0 Å². The van der Waals surface area contributed by atoms with Crippen molar-refractivity contribution in [2.24, 2.45) is 0 Å². The van der Waals surface area contributed by atoms with Crippen molar-refractivity contribution >= 4 is 22.4 Å². The summed E-state index contributed by atoms with van der Waals surface area (Å²) in [5, 5.41) is 2.94. The third kappa shape index (κ3) is 3.79. The average molecular weight is 335 g/mol. The van der Waals surface area contributed by atoms with E-state index in [1.807, 2.05) is 5.38 Å². The molecule has 0 N–H and O–H groups in total. The van der Waals surface area contributed by atoms with Crippen molar-refractivity contribution in [1.82, 2.24) is 9.88 Å². The molecule has 1 fully saturated rings. The Bertz CT molecular complexity index is 640. The lowest BCUT2D eigenvalue weighted by molar-refractivity contribution is -0.138. The predicted octanol–water partition coefficient (Wildman–Crippen LogP) is 2.40. The number of thiazole rings is 1. The van der Waals surface area contributed by atoms with Crippen LogP contribution in [0.25, 0.3) is 0 Å². The molecule has 3 rings (SSSR count). The quantitative estimate of drug-likeness (QED) is 0.861. The molecule has 0 saturated carbocycles. The molecule has 23 heavy (non-hydrogen) atoms. The number of carbonyl (C=O) groups is 1. The maximum atomic E-state index is 12.9. The van der Waals surface area contributed by atoms with Gasteiger partial charge in [0.05, 0.1) is 0 Å². The van der Waals surface area contributed by atoms with E-state index in [4.69, 9.17) is 4.74 Å². The molecule has 1 amide bonds. The summed E-state index contributed by atoms with van der Waals surface area (Å²) in [6.45, 7) is 4.55. The smallest absolute Gasteiger partial charge is 0.263 e. The van der Waals surface area contributed by atoms with Crippen molar-refractivity contribution in [2.75, 3.05) is 31.1 Å². The van der Waals surface area contributed by atoms with Crippen molar-refractivity contribution in [1.29, 1.82) is 0 Å². The van der Waals surface area contributed by atoms with Crippen LogP contribution in [0.2, 0.25) is 0 Å². The Morgan fingerprint density at radius 3 is 2.57 bits per heavy atom. The van der Waals surface area contributed by atoms with Gasteiger partial charge in [-0.3, -0.25) is 4.79 Å². The minimum atomic E-state index is -0.591. The van der Waals surface area contributed by atoms with Gasteiger partial charge in [0.15, 0.2) is 11.2 Å². The highest BCUT2D eigenvalue weighted by Gasteiger charge is 2.26. The van der Waals surface area contributed by atoms with Crippen molar-refractivity contribution in [3.05, 3.63) is 41.7 Å². The van der Waals surface area contributed by atoms with Crippen LogP contribution in [0, 0.1) is 5.82 Å². The highest BCUT2D eigenvalue weighted by molar-refractivity contribution is 7.13. The molecule has 1 aromatic heterocycles. The van der Waals surface area contributed by atoms with Gasteiger partial charge in [0.25, 0.3) is 5.91 Å². The highest BCUT2D eigenvalue weighted by atomic mass is 32.1. The number of benzene rings is 1. The van der Waals surface area contributed by atoms with Crippen LogP contribution in [0.3, 0.4) is 0 Å². The number of rotatable bonds is 4. The first kappa shape index (κ1) is 15.7. The molecule has 2 aromatic rings. The molecule has 2 heterocycles. The van der Waals surface area contributed by atoms with Gasteiger partial charge in [0.1, 0.15) is 11.6 Å². The van der Waals surface area contributed by atoms with Crippen LogP contribution in [0.4, 0.5) is 9.52 Å². The van der Waals surface area contributed by atoms with E-state index in [1.165, 1.54) is 24.3 Å². The largest absolute Gasteiger partial charge is 0.481 e. The minimum Gasteiger partial charge on any atom is -0.481 e. The number of piperazine rings is 1. The molecular weight excluding hydrogens is 317 g/mol. The van der Waals surface area contributed by atoms with Crippen LogP contribution in [0.1, 0.15) is 6.92 Å². The lowest BCUT2D eigenvalue weighted by Crippen LogP contribution is -2.52. The number of aromatic nitrogens is 1. The van der Waals surface area contributed by atoms with Crippen LogP contribution in [-0.2, 0) is 4.79 Å².